The number of unbranched alkanes of at least 4 members (excludes halogenated alkanes) is 4. The van der Waals surface area contributed by atoms with Gasteiger partial charge in [0, 0.05) is 12.2 Å². The maximum absolute atomic E-state index is 13.4. The van der Waals surface area contributed by atoms with Crippen LogP contribution in [0.2, 0.25) is 36.3 Å². The van der Waals surface area contributed by atoms with Gasteiger partial charge in [-0.2, -0.15) is 0 Å². The van der Waals surface area contributed by atoms with E-state index in [2.05, 4.69) is 93.7 Å². The molecule has 2 saturated carbocycles. The molecule has 19 heteroatoms. The van der Waals surface area contributed by atoms with Crippen molar-refractivity contribution in [3.63, 3.8) is 0 Å². The fraction of sp³-hybridized carbons (Fsp3) is 0.553. The molecule has 0 saturated heterocycles. The Morgan fingerprint density at radius 3 is 1.18 bits per heavy atom. The van der Waals surface area contributed by atoms with E-state index in [0.29, 0.717) is 29.4 Å². The summed E-state index contributed by atoms with van der Waals surface area (Å²) in [5.41, 5.74) is 8.51. The molecular weight excluding hydrogens is 1460 g/mol. The molecule has 0 amide bonds. The molecule has 0 aromatic heterocycles. The molecule has 0 unspecified atom stereocenters. The molecule has 6 aromatic rings. The topological polar surface area (TPSA) is 226 Å². The zero-order chi connectivity index (χ0) is 81.6. The SMILES string of the molecule is CCCCC[C@@H](CC[C@@H]1[C@H]2Cc3cccc(OCC(=O)OCc4ccccc4)c3C[C@H]2C[C@H]1O)O[Si](C)(C)C(C)(C)C.CCCCC[C@@H](CC[C@@H]1[C@H]2Cc3cccc(OCC(=O)OCc4ccccc4)c3C[C@H]2C[C@H]1OC(=O)CCC(=O)OCc1ccccc1)O[Si](C)(C)C(C)(C)C.O=C(O)CCC(=O)OCc1ccccc1. The van der Waals surface area contributed by atoms with Crippen molar-refractivity contribution in [2.24, 2.45) is 35.5 Å². The van der Waals surface area contributed by atoms with Gasteiger partial charge in [0.1, 0.15) is 44.0 Å². The predicted octanol–water partition coefficient (Wildman–Crippen LogP) is 20.2. The summed E-state index contributed by atoms with van der Waals surface area (Å²) in [7, 11) is -3.86. The molecule has 6 aromatic carbocycles. The van der Waals surface area contributed by atoms with Gasteiger partial charge in [0.25, 0.3) is 0 Å². The number of carboxylic acid groups (broad SMARTS) is 1. The molecule has 0 heterocycles. The summed E-state index contributed by atoms with van der Waals surface area (Å²) in [6.07, 6.45) is 17.9. The van der Waals surface area contributed by atoms with Gasteiger partial charge in [-0.15, -0.1) is 0 Å². The van der Waals surface area contributed by atoms with Gasteiger partial charge in [-0.3, -0.25) is 19.2 Å². The van der Waals surface area contributed by atoms with Crippen molar-refractivity contribution in [1.29, 1.82) is 0 Å². The van der Waals surface area contributed by atoms with Gasteiger partial charge in [0.2, 0.25) is 0 Å². The van der Waals surface area contributed by atoms with Crippen LogP contribution in [-0.2, 0) is 113 Å². The number of carbonyl (C=O) groups is 6. The second kappa shape index (κ2) is 44.8. The van der Waals surface area contributed by atoms with Crippen molar-refractivity contribution in [3.05, 3.63) is 202 Å². The molecule has 0 bridgehead atoms. The van der Waals surface area contributed by atoms with E-state index in [9.17, 15) is 33.9 Å². The van der Waals surface area contributed by atoms with Gasteiger partial charge in [-0.25, -0.2) is 9.59 Å². The Labute approximate surface area is 675 Å². The maximum atomic E-state index is 13.4. The fourth-order valence-electron chi connectivity index (χ4n) is 15.8. The minimum atomic E-state index is -2.00. The number of aliphatic carboxylic acids is 1. The summed E-state index contributed by atoms with van der Waals surface area (Å²) in [6.45, 7) is 28.3. The van der Waals surface area contributed by atoms with Crippen LogP contribution in [0.4, 0.5) is 0 Å². The highest BCUT2D eigenvalue weighted by molar-refractivity contribution is 6.74. The molecule has 616 valence electrons. The van der Waals surface area contributed by atoms with E-state index in [0.717, 1.165) is 123 Å². The second-order valence-corrected chi connectivity index (χ2v) is 44.1. The highest BCUT2D eigenvalue weighted by atomic mass is 28.4. The number of carbonyl (C=O) groups excluding carboxylic acids is 5. The van der Waals surface area contributed by atoms with Crippen LogP contribution in [0, 0.1) is 35.5 Å². The van der Waals surface area contributed by atoms with E-state index in [4.69, 9.17) is 47.1 Å². The molecule has 4 aliphatic carbocycles. The third-order valence-electron chi connectivity index (χ3n) is 24.1. The summed E-state index contributed by atoms with van der Waals surface area (Å²) in [6, 6.07) is 50.4. The van der Waals surface area contributed by atoms with Gasteiger partial charge >= 0.3 is 35.8 Å². The summed E-state index contributed by atoms with van der Waals surface area (Å²) >= 11 is 0. The van der Waals surface area contributed by atoms with Gasteiger partial charge in [0.05, 0.1) is 31.8 Å². The van der Waals surface area contributed by atoms with Crippen LogP contribution >= 0.6 is 0 Å². The number of aliphatic hydroxyl groups is 1. The number of carboxylic acids is 1. The number of fused-ring (bicyclic) bond motifs is 4. The maximum Gasteiger partial charge on any atom is 0.344 e. The Balaban J connectivity index is 0.000000245. The van der Waals surface area contributed by atoms with E-state index >= 15 is 0 Å². The normalized spacial score (nSPS) is 19.5. The number of hydrogen-bond acceptors (Lipinski definition) is 16. The Morgan fingerprint density at radius 1 is 0.425 bits per heavy atom. The minimum Gasteiger partial charge on any atom is -0.482 e. The molecule has 0 aliphatic heterocycles. The molecule has 17 nitrogen and oxygen atoms in total. The largest absolute Gasteiger partial charge is 0.482 e. The first-order valence-electron chi connectivity index (χ1n) is 41.7. The monoisotopic (exact) mass is 1590 g/mol. The van der Waals surface area contributed by atoms with Crippen LogP contribution < -0.4 is 9.47 Å². The van der Waals surface area contributed by atoms with Crippen molar-refractivity contribution < 1.29 is 81.0 Å². The highest BCUT2D eigenvalue weighted by Gasteiger charge is 2.49. The van der Waals surface area contributed by atoms with Crippen molar-refractivity contribution in [3.8, 4) is 11.5 Å². The predicted molar refractivity (Wildman–Crippen MR) is 447 cm³/mol. The molecule has 0 spiro atoms. The Kier molecular flexibility index (Phi) is 35.9. The fourth-order valence-corrected chi connectivity index (χ4v) is 18.6. The lowest BCUT2D eigenvalue weighted by Gasteiger charge is -2.40. The number of rotatable bonds is 39. The van der Waals surface area contributed by atoms with Crippen LogP contribution in [0.25, 0.3) is 0 Å². The standard InChI is InChI=1S/C47H64O8Si.C36H54O5Si.C11H12O4/c1-7-8-11-22-38(55-56(5,6)47(2,3)4)24-25-39-40-28-36-21-16-23-42(51-33-46(50)53-32-35-19-14-10-15-20-35)41(36)29-37(40)30-43(39)54-45(49)27-26-44(48)52-31-34-17-12-9-13-18-34;1-7-8-10-17-29(41-42(5,6)36(2,3)4)19-20-30-31-21-27-16-13-18-34(32(27)22-28(31)23-33(30)37)39-25-35(38)40-24-26-14-11-9-12-15-26;12-10(13)6-7-11(14)15-8-9-4-2-1-3-5-9/h9-10,12-21,23,37-40,43H,7-8,11,22,24-33H2,1-6H3;9,11-16,18,28-31,33,37H,7-8,10,17,19-25H2,1-6H3;1-5H,6-8H2,(H,12,13)/t37-,38-,39+,40-,43+;28-,29-,30+,31-,33+;/m00./s1. The van der Waals surface area contributed by atoms with Crippen LogP contribution in [0.5, 0.6) is 11.5 Å². The Hall–Kier alpha value is -7.95. The smallest absolute Gasteiger partial charge is 0.344 e. The van der Waals surface area contributed by atoms with E-state index in [1.807, 2.05) is 146 Å². The average molecular weight is 1590 g/mol. The van der Waals surface area contributed by atoms with E-state index in [1.54, 1.807) is 0 Å². The summed E-state index contributed by atoms with van der Waals surface area (Å²) in [5.74, 6) is 0.454. The number of ether oxygens (including phenoxy) is 7. The first-order valence-corrected chi connectivity index (χ1v) is 47.5. The summed E-state index contributed by atoms with van der Waals surface area (Å²) in [5, 5.41) is 19.9. The molecule has 0 radical (unpaired) electrons. The zero-order valence-electron chi connectivity index (χ0n) is 69.6. The lowest BCUT2D eigenvalue weighted by Crippen LogP contribution is -2.44. The molecule has 10 atom stereocenters. The molecule has 113 heavy (non-hydrogen) atoms. The minimum absolute atomic E-state index is 0.0150. The molecule has 4 aliphatic rings. The molecule has 2 N–H and O–H groups in total. The van der Waals surface area contributed by atoms with Gasteiger partial charge in [0.15, 0.2) is 29.8 Å². The summed E-state index contributed by atoms with van der Waals surface area (Å²) < 4.78 is 53.6. The Morgan fingerprint density at radius 2 is 0.788 bits per heavy atom. The zero-order valence-corrected chi connectivity index (χ0v) is 71.6. The van der Waals surface area contributed by atoms with Gasteiger partial charge < -0.3 is 52.2 Å². The van der Waals surface area contributed by atoms with Crippen LogP contribution in [0.15, 0.2) is 158 Å². The van der Waals surface area contributed by atoms with E-state index in [1.165, 1.54) is 42.4 Å². The van der Waals surface area contributed by atoms with Crippen molar-refractivity contribution in [2.45, 2.75) is 284 Å². The number of benzene rings is 6. The third-order valence-corrected chi connectivity index (χ3v) is 33.2. The number of hydrogen-bond donors (Lipinski definition) is 2. The van der Waals surface area contributed by atoms with E-state index in [-0.39, 0.29) is 124 Å². The Bertz CT molecular complexity index is 3890. The first-order chi connectivity index (χ1) is 54.0. The van der Waals surface area contributed by atoms with Crippen molar-refractivity contribution in [1.82, 2.24) is 0 Å². The second-order valence-electron chi connectivity index (χ2n) is 34.5. The van der Waals surface area contributed by atoms with Crippen LogP contribution in [0.1, 0.15) is 215 Å². The van der Waals surface area contributed by atoms with Gasteiger partial charge in [-0.05, 0) is 205 Å². The first kappa shape index (κ1) is 90.6. The average Bonchev–Trinajstić information content (AvgIpc) is 1.64. The van der Waals surface area contributed by atoms with Crippen molar-refractivity contribution >= 4 is 52.5 Å². The van der Waals surface area contributed by atoms with E-state index < -0.39 is 40.5 Å². The lowest BCUT2D eigenvalue weighted by atomic mass is 9.73. The number of aliphatic hydroxyl groups excluding tert-OH is 1. The van der Waals surface area contributed by atoms with Crippen LogP contribution in [-0.4, -0.2) is 100 Å². The molecular formula is C94H130O17Si2. The van der Waals surface area contributed by atoms with Gasteiger partial charge in [-0.1, -0.05) is 240 Å². The molecule has 2 fully saturated rings. The highest BCUT2D eigenvalue weighted by Crippen LogP contribution is 2.52. The van der Waals surface area contributed by atoms with Crippen molar-refractivity contribution in [2.75, 3.05) is 13.2 Å². The molecule has 10 rings (SSSR count). The number of esters is 5. The third kappa shape index (κ3) is 29.4. The summed E-state index contributed by atoms with van der Waals surface area (Å²) in [4.78, 5) is 72.2. The lowest BCUT2D eigenvalue weighted by molar-refractivity contribution is -0.155. The van der Waals surface area contributed by atoms with Crippen LogP contribution in [0.3, 0.4) is 0 Å². The quantitative estimate of drug-likeness (QED) is 0.0158.